The highest BCUT2D eigenvalue weighted by atomic mass is 79.9. The molecule has 0 unspecified atom stereocenters. The lowest BCUT2D eigenvalue weighted by atomic mass is 10.2. The van der Waals surface area contributed by atoms with Gasteiger partial charge in [0.05, 0.1) is 17.3 Å². The third-order valence-corrected chi connectivity index (χ3v) is 3.42. The molecule has 0 saturated heterocycles. The summed E-state index contributed by atoms with van der Waals surface area (Å²) in [4.78, 5) is 0. The number of hydrogen-bond acceptors (Lipinski definition) is 2. The smallest absolute Gasteiger partial charge is 0.147 e. The highest BCUT2D eigenvalue weighted by Crippen LogP contribution is 2.24. The minimum absolute atomic E-state index is 0.310. The second-order valence-corrected chi connectivity index (χ2v) is 4.75. The van der Waals surface area contributed by atoms with Crippen molar-refractivity contribution >= 4 is 27.3 Å². The van der Waals surface area contributed by atoms with Gasteiger partial charge in [-0.15, -0.1) is 0 Å². The van der Waals surface area contributed by atoms with Crippen LogP contribution in [0.1, 0.15) is 11.1 Å². The maximum atomic E-state index is 13.7. The monoisotopic (exact) mass is 304 g/mol. The van der Waals surface area contributed by atoms with Crippen LogP contribution in [0.3, 0.4) is 0 Å². The van der Waals surface area contributed by atoms with Crippen molar-refractivity contribution in [1.29, 1.82) is 5.26 Å². The fourth-order valence-corrected chi connectivity index (χ4v) is 1.81. The zero-order valence-corrected chi connectivity index (χ0v) is 11.3. The molecule has 0 bridgehead atoms. The third kappa shape index (κ3) is 2.69. The van der Waals surface area contributed by atoms with Crippen LogP contribution in [0.25, 0.3) is 0 Å². The Kier molecular flexibility index (Phi) is 3.63. The maximum absolute atomic E-state index is 13.7. The topological polar surface area (TPSA) is 35.8 Å². The SMILES string of the molecule is Cc1cc(Nc2ccc(C#N)cc2F)ccc1Br. The summed E-state index contributed by atoms with van der Waals surface area (Å²) in [5.74, 6) is -0.436. The van der Waals surface area contributed by atoms with Gasteiger partial charge >= 0.3 is 0 Å². The molecular formula is C14H10BrFN2. The summed E-state index contributed by atoms with van der Waals surface area (Å²) in [7, 11) is 0. The Labute approximate surface area is 113 Å². The molecule has 2 nitrogen and oxygen atoms in total. The Morgan fingerprint density at radius 3 is 2.61 bits per heavy atom. The molecule has 4 heteroatoms. The molecule has 0 aliphatic heterocycles. The van der Waals surface area contributed by atoms with E-state index in [0.717, 1.165) is 15.7 Å². The van der Waals surface area contributed by atoms with Gasteiger partial charge in [-0.2, -0.15) is 5.26 Å². The van der Waals surface area contributed by atoms with E-state index in [-0.39, 0.29) is 0 Å². The van der Waals surface area contributed by atoms with Gasteiger partial charge in [0.25, 0.3) is 0 Å². The number of halogens is 2. The quantitative estimate of drug-likeness (QED) is 0.886. The zero-order chi connectivity index (χ0) is 13.1. The number of nitrogens with one attached hydrogen (secondary N) is 1. The van der Waals surface area contributed by atoms with Crippen LogP contribution in [0.4, 0.5) is 15.8 Å². The first-order valence-electron chi connectivity index (χ1n) is 5.33. The summed E-state index contributed by atoms with van der Waals surface area (Å²) in [5, 5.41) is 11.7. The molecule has 2 aromatic rings. The van der Waals surface area contributed by atoms with Crippen LogP contribution in [0.15, 0.2) is 40.9 Å². The van der Waals surface area contributed by atoms with Crippen molar-refractivity contribution in [1.82, 2.24) is 0 Å². The largest absolute Gasteiger partial charge is 0.353 e. The van der Waals surface area contributed by atoms with Gasteiger partial charge in [-0.3, -0.25) is 0 Å². The first kappa shape index (κ1) is 12.6. The Balaban J connectivity index is 2.29. The van der Waals surface area contributed by atoms with E-state index in [2.05, 4.69) is 21.2 Å². The van der Waals surface area contributed by atoms with Crippen molar-refractivity contribution in [3.8, 4) is 6.07 Å². The lowest BCUT2D eigenvalue weighted by Crippen LogP contribution is -1.95. The van der Waals surface area contributed by atoms with Crippen molar-refractivity contribution in [2.75, 3.05) is 5.32 Å². The Morgan fingerprint density at radius 2 is 2.00 bits per heavy atom. The highest BCUT2D eigenvalue weighted by Gasteiger charge is 2.04. The van der Waals surface area contributed by atoms with E-state index in [1.54, 1.807) is 12.1 Å². The molecule has 18 heavy (non-hydrogen) atoms. The van der Waals surface area contributed by atoms with Crippen LogP contribution < -0.4 is 5.32 Å². The minimum Gasteiger partial charge on any atom is -0.353 e. The van der Waals surface area contributed by atoms with Gasteiger partial charge in [-0.25, -0.2) is 4.39 Å². The molecule has 0 aliphatic rings. The molecule has 0 aliphatic carbocycles. The molecule has 2 rings (SSSR count). The molecule has 0 amide bonds. The van der Waals surface area contributed by atoms with Gasteiger partial charge in [0.2, 0.25) is 0 Å². The average molecular weight is 305 g/mol. The second-order valence-electron chi connectivity index (χ2n) is 3.90. The first-order valence-corrected chi connectivity index (χ1v) is 6.12. The Hall–Kier alpha value is -1.86. The molecule has 90 valence electrons. The first-order chi connectivity index (χ1) is 8.60. The van der Waals surface area contributed by atoms with E-state index in [1.165, 1.54) is 6.07 Å². The molecule has 1 N–H and O–H groups in total. The minimum atomic E-state index is -0.436. The Morgan fingerprint density at radius 1 is 1.22 bits per heavy atom. The summed E-state index contributed by atoms with van der Waals surface area (Å²) < 4.78 is 14.7. The van der Waals surface area contributed by atoms with E-state index in [1.807, 2.05) is 31.2 Å². The molecule has 0 radical (unpaired) electrons. The van der Waals surface area contributed by atoms with Crippen LogP contribution in [0.2, 0.25) is 0 Å². The maximum Gasteiger partial charge on any atom is 0.147 e. The van der Waals surface area contributed by atoms with Crippen molar-refractivity contribution in [3.05, 3.63) is 57.8 Å². The third-order valence-electron chi connectivity index (χ3n) is 2.54. The van der Waals surface area contributed by atoms with Crippen LogP contribution in [0.5, 0.6) is 0 Å². The standard InChI is InChI=1S/C14H10BrFN2/c1-9-6-11(3-4-12(9)15)18-14-5-2-10(8-17)7-13(14)16/h2-7,18H,1H3. The molecule has 0 saturated carbocycles. The average Bonchev–Trinajstić information content (AvgIpc) is 2.36. The summed E-state index contributed by atoms with van der Waals surface area (Å²) in [5.41, 5.74) is 2.54. The summed E-state index contributed by atoms with van der Waals surface area (Å²) in [6.45, 7) is 1.96. The van der Waals surface area contributed by atoms with Gasteiger partial charge in [0.15, 0.2) is 0 Å². The van der Waals surface area contributed by atoms with Gasteiger partial charge in [0.1, 0.15) is 5.82 Å². The van der Waals surface area contributed by atoms with E-state index >= 15 is 0 Å². The molecule has 0 aromatic heterocycles. The number of rotatable bonds is 2. The van der Waals surface area contributed by atoms with Crippen molar-refractivity contribution in [3.63, 3.8) is 0 Å². The van der Waals surface area contributed by atoms with Gasteiger partial charge < -0.3 is 5.32 Å². The lowest BCUT2D eigenvalue weighted by Gasteiger charge is -2.09. The van der Waals surface area contributed by atoms with E-state index in [0.29, 0.717) is 11.3 Å². The normalized spacial score (nSPS) is 9.89. The second kappa shape index (κ2) is 5.19. The molecule has 0 spiro atoms. The predicted molar refractivity (Wildman–Crippen MR) is 73.3 cm³/mol. The molecule has 2 aromatic carbocycles. The Bertz CT molecular complexity index is 632. The number of hydrogen-bond donors (Lipinski definition) is 1. The number of anilines is 2. The summed E-state index contributed by atoms with van der Waals surface area (Å²) in [6.07, 6.45) is 0. The van der Waals surface area contributed by atoms with Crippen molar-refractivity contribution in [2.24, 2.45) is 0 Å². The van der Waals surface area contributed by atoms with Crippen LogP contribution in [0, 0.1) is 24.1 Å². The fourth-order valence-electron chi connectivity index (χ4n) is 1.56. The molecule has 0 fully saturated rings. The van der Waals surface area contributed by atoms with E-state index in [9.17, 15) is 4.39 Å². The van der Waals surface area contributed by atoms with Crippen LogP contribution in [-0.2, 0) is 0 Å². The lowest BCUT2D eigenvalue weighted by molar-refractivity contribution is 0.631. The zero-order valence-electron chi connectivity index (χ0n) is 9.67. The molecule has 0 atom stereocenters. The van der Waals surface area contributed by atoms with Crippen LogP contribution in [-0.4, -0.2) is 0 Å². The van der Waals surface area contributed by atoms with Crippen LogP contribution >= 0.6 is 15.9 Å². The van der Waals surface area contributed by atoms with Crippen molar-refractivity contribution < 1.29 is 4.39 Å². The van der Waals surface area contributed by atoms with Gasteiger partial charge in [0, 0.05) is 10.2 Å². The van der Waals surface area contributed by atoms with Gasteiger partial charge in [-0.05, 0) is 48.9 Å². The molecule has 0 heterocycles. The summed E-state index contributed by atoms with van der Waals surface area (Å²) in [6, 6.07) is 11.9. The number of aryl methyl sites for hydroxylation is 1. The van der Waals surface area contributed by atoms with Crippen molar-refractivity contribution in [2.45, 2.75) is 6.92 Å². The summed E-state index contributed by atoms with van der Waals surface area (Å²) >= 11 is 3.41. The number of nitriles is 1. The van der Waals surface area contributed by atoms with E-state index < -0.39 is 5.82 Å². The highest BCUT2D eigenvalue weighted by molar-refractivity contribution is 9.10. The molecular weight excluding hydrogens is 295 g/mol. The van der Waals surface area contributed by atoms with Gasteiger partial charge in [-0.1, -0.05) is 15.9 Å². The van der Waals surface area contributed by atoms with E-state index in [4.69, 9.17) is 5.26 Å². The predicted octanol–water partition coefficient (Wildman–Crippen LogP) is 4.51. The number of benzene rings is 2. The fraction of sp³-hybridized carbons (Fsp3) is 0.0714. The number of nitrogens with zero attached hydrogens (tertiary/aromatic N) is 1.